The molecule has 1 heterocycles. The van der Waals surface area contributed by atoms with E-state index in [1.54, 1.807) is 0 Å². The van der Waals surface area contributed by atoms with E-state index in [1.807, 2.05) is 11.3 Å². The molecule has 1 aliphatic carbocycles. The summed E-state index contributed by atoms with van der Waals surface area (Å²) < 4.78 is 2.64. The van der Waals surface area contributed by atoms with E-state index in [0.717, 1.165) is 11.4 Å². The van der Waals surface area contributed by atoms with Gasteiger partial charge in [-0.05, 0) is 92.0 Å². The van der Waals surface area contributed by atoms with Crippen LogP contribution in [0.3, 0.4) is 0 Å². The molecule has 0 saturated heterocycles. The number of hydrogen-bond acceptors (Lipinski definition) is 2. The second-order valence-electron chi connectivity index (χ2n) is 16.0. The molecule has 0 bridgehead atoms. The zero-order valence-electron chi connectivity index (χ0n) is 33.1. The smallest absolute Gasteiger partial charge is 0.0543 e. The van der Waals surface area contributed by atoms with Crippen LogP contribution in [-0.2, 0) is 5.41 Å². The van der Waals surface area contributed by atoms with Crippen LogP contribution in [0.5, 0.6) is 0 Å². The van der Waals surface area contributed by atoms with Gasteiger partial charge in [-0.2, -0.15) is 0 Å². The number of hydrogen-bond donors (Lipinski definition) is 0. The molecule has 11 rings (SSSR count). The highest BCUT2D eigenvalue weighted by atomic mass is 32.1. The van der Waals surface area contributed by atoms with E-state index in [1.165, 1.54) is 92.6 Å². The molecular weight excluding hydrogens is 731 g/mol. The number of para-hydroxylation sites is 1. The van der Waals surface area contributed by atoms with Crippen molar-refractivity contribution in [2.45, 2.75) is 19.3 Å². The lowest BCUT2D eigenvalue weighted by molar-refractivity contribution is 0.660. The molecule has 1 nitrogen and oxygen atoms in total. The molecule has 0 radical (unpaired) electrons. The van der Waals surface area contributed by atoms with Crippen LogP contribution >= 0.6 is 11.3 Å². The molecular formula is C57H41NS. The first kappa shape index (κ1) is 35.2. The van der Waals surface area contributed by atoms with Gasteiger partial charge in [-0.15, -0.1) is 11.3 Å². The number of thiophene rings is 1. The molecule has 9 aromatic carbocycles. The third-order valence-electron chi connectivity index (χ3n) is 12.3. The number of benzene rings is 9. The number of nitrogens with zero attached hydrogens (tertiary/aromatic N) is 1. The molecule has 59 heavy (non-hydrogen) atoms. The lowest BCUT2D eigenvalue weighted by Crippen LogP contribution is -2.16. The normalized spacial score (nSPS) is 12.7. The SMILES string of the molecule is CC1(C)c2ccccc2-c2c(N(c3ccc(-c4ccc5c(c4)sc4ccccc45)cc3)c3ccccc3-c3ccccc3-c3ccccc3-c3ccccc3)cccc21. The highest BCUT2D eigenvalue weighted by Crippen LogP contribution is 2.55. The summed E-state index contributed by atoms with van der Waals surface area (Å²) in [4.78, 5) is 2.51. The Kier molecular flexibility index (Phi) is 8.43. The largest absolute Gasteiger partial charge is 0.309 e. The van der Waals surface area contributed by atoms with E-state index in [4.69, 9.17) is 0 Å². The molecule has 0 spiro atoms. The maximum atomic E-state index is 2.51. The van der Waals surface area contributed by atoms with E-state index in [9.17, 15) is 0 Å². The molecule has 280 valence electrons. The third kappa shape index (κ3) is 5.82. The molecule has 0 saturated carbocycles. The van der Waals surface area contributed by atoms with Gasteiger partial charge in [0.15, 0.2) is 0 Å². The molecule has 10 aromatic rings. The van der Waals surface area contributed by atoms with E-state index in [-0.39, 0.29) is 5.41 Å². The van der Waals surface area contributed by atoms with E-state index in [0.29, 0.717) is 0 Å². The van der Waals surface area contributed by atoms with Crippen molar-refractivity contribution in [3.8, 4) is 55.6 Å². The van der Waals surface area contributed by atoms with Gasteiger partial charge in [-0.25, -0.2) is 0 Å². The maximum absolute atomic E-state index is 2.51. The summed E-state index contributed by atoms with van der Waals surface area (Å²) in [5.41, 5.74) is 18.3. The molecule has 2 heteroatoms. The van der Waals surface area contributed by atoms with Crippen molar-refractivity contribution in [1.29, 1.82) is 0 Å². The van der Waals surface area contributed by atoms with Crippen molar-refractivity contribution in [3.63, 3.8) is 0 Å². The zero-order chi connectivity index (χ0) is 39.5. The summed E-state index contributed by atoms with van der Waals surface area (Å²) in [6, 6.07) is 78.1. The second-order valence-corrected chi connectivity index (χ2v) is 17.1. The minimum atomic E-state index is -0.129. The minimum absolute atomic E-state index is 0.129. The third-order valence-corrected chi connectivity index (χ3v) is 13.5. The van der Waals surface area contributed by atoms with Crippen molar-refractivity contribution in [2.24, 2.45) is 0 Å². The lowest BCUT2D eigenvalue weighted by atomic mass is 9.82. The van der Waals surface area contributed by atoms with E-state index >= 15 is 0 Å². The van der Waals surface area contributed by atoms with Crippen molar-refractivity contribution < 1.29 is 0 Å². The first-order chi connectivity index (χ1) is 29.0. The summed E-state index contributed by atoms with van der Waals surface area (Å²) in [6.45, 7) is 4.73. The molecule has 0 aliphatic heterocycles. The van der Waals surface area contributed by atoms with Crippen molar-refractivity contribution >= 4 is 48.6 Å². The fourth-order valence-corrected chi connectivity index (χ4v) is 10.6. The predicted octanol–water partition coefficient (Wildman–Crippen LogP) is 16.5. The van der Waals surface area contributed by atoms with Gasteiger partial charge in [0.1, 0.15) is 0 Å². The van der Waals surface area contributed by atoms with Gasteiger partial charge >= 0.3 is 0 Å². The van der Waals surface area contributed by atoms with E-state index < -0.39 is 0 Å². The fraction of sp³-hybridized carbons (Fsp3) is 0.0526. The van der Waals surface area contributed by atoms with Crippen molar-refractivity contribution in [1.82, 2.24) is 0 Å². The van der Waals surface area contributed by atoms with Gasteiger partial charge in [0.05, 0.1) is 11.4 Å². The van der Waals surface area contributed by atoms with Gasteiger partial charge in [-0.1, -0.05) is 190 Å². The highest BCUT2D eigenvalue weighted by Gasteiger charge is 2.38. The molecule has 0 unspecified atom stereocenters. The Bertz CT molecular complexity index is 3190. The van der Waals surface area contributed by atoms with Crippen LogP contribution in [0.25, 0.3) is 75.8 Å². The van der Waals surface area contributed by atoms with Gasteiger partial charge in [-0.3, -0.25) is 0 Å². The summed E-state index contributed by atoms with van der Waals surface area (Å²) in [7, 11) is 0. The zero-order valence-corrected chi connectivity index (χ0v) is 33.9. The Morgan fingerprint density at radius 3 is 1.68 bits per heavy atom. The molecule has 0 fully saturated rings. The predicted molar refractivity (Wildman–Crippen MR) is 253 cm³/mol. The number of anilines is 3. The van der Waals surface area contributed by atoms with Crippen LogP contribution in [0.4, 0.5) is 17.1 Å². The Morgan fingerprint density at radius 2 is 0.898 bits per heavy atom. The van der Waals surface area contributed by atoms with Gasteiger partial charge < -0.3 is 4.90 Å². The first-order valence-electron chi connectivity index (χ1n) is 20.4. The van der Waals surface area contributed by atoms with Crippen LogP contribution in [-0.4, -0.2) is 0 Å². The Balaban J connectivity index is 1.11. The summed E-state index contributed by atoms with van der Waals surface area (Å²) in [5, 5.41) is 2.65. The summed E-state index contributed by atoms with van der Waals surface area (Å²) in [5.74, 6) is 0. The van der Waals surface area contributed by atoms with Gasteiger partial charge in [0.25, 0.3) is 0 Å². The van der Waals surface area contributed by atoms with Crippen LogP contribution < -0.4 is 4.90 Å². The maximum Gasteiger partial charge on any atom is 0.0543 e. The molecule has 0 amide bonds. The molecule has 0 atom stereocenters. The topological polar surface area (TPSA) is 3.24 Å². The van der Waals surface area contributed by atoms with Crippen LogP contribution in [0.15, 0.2) is 212 Å². The van der Waals surface area contributed by atoms with Crippen molar-refractivity contribution in [2.75, 3.05) is 4.90 Å². The minimum Gasteiger partial charge on any atom is -0.309 e. The second kappa shape index (κ2) is 14.1. The summed E-state index contributed by atoms with van der Waals surface area (Å²) >= 11 is 1.87. The van der Waals surface area contributed by atoms with Crippen LogP contribution in [0.2, 0.25) is 0 Å². The highest BCUT2D eigenvalue weighted by molar-refractivity contribution is 7.25. The molecule has 1 aromatic heterocycles. The Morgan fingerprint density at radius 1 is 0.356 bits per heavy atom. The number of rotatable bonds is 7. The van der Waals surface area contributed by atoms with Crippen LogP contribution in [0.1, 0.15) is 25.0 Å². The quantitative estimate of drug-likeness (QED) is 0.156. The van der Waals surface area contributed by atoms with E-state index in [2.05, 4.69) is 231 Å². The average molecular weight is 772 g/mol. The average Bonchev–Trinajstić information content (AvgIpc) is 3.79. The Hall–Kier alpha value is -7.00. The first-order valence-corrected chi connectivity index (χ1v) is 21.2. The summed E-state index contributed by atoms with van der Waals surface area (Å²) in [6.07, 6.45) is 0. The lowest BCUT2D eigenvalue weighted by Gasteiger charge is -2.31. The molecule has 1 aliphatic rings. The van der Waals surface area contributed by atoms with Crippen molar-refractivity contribution in [3.05, 3.63) is 223 Å². The standard InChI is InChI=1S/C57H41NS/c1-57(2)50-26-13-10-25-49(50)56-51(57)27-16-29-53(56)58(41-34-31-38(32-35-41)40-33-36-48-47-24-12-15-30-54(47)59-55(48)37-40)52-28-14-11-23-46(52)45-22-9-8-21-44(45)43-20-7-6-19-42(43)39-17-4-3-5-18-39/h3-37H,1-2H3. The van der Waals surface area contributed by atoms with Gasteiger partial charge in [0.2, 0.25) is 0 Å². The monoisotopic (exact) mass is 771 g/mol. The van der Waals surface area contributed by atoms with Gasteiger partial charge in [0, 0.05) is 42.4 Å². The number of fused-ring (bicyclic) bond motifs is 6. The van der Waals surface area contributed by atoms with Crippen LogP contribution in [0, 0.1) is 0 Å². The fourth-order valence-electron chi connectivity index (χ4n) is 9.47. The molecule has 0 N–H and O–H groups in total. The Labute approximate surface area is 350 Å².